The van der Waals surface area contributed by atoms with Gasteiger partial charge in [-0.15, -0.1) is 11.8 Å². The highest BCUT2D eigenvalue weighted by Gasteiger charge is 2.26. The number of carbonyl (C=O) groups excluding carboxylic acids is 3. The Morgan fingerprint density at radius 3 is 2.23 bits per heavy atom. The number of piperazine rings is 1. The Hall–Kier alpha value is -2.84. The molecule has 0 bridgehead atoms. The van der Waals surface area contributed by atoms with Crippen LogP contribution in [0.1, 0.15) is 35.2 Å². The Morgan fingerprint density at radius 1 is 0.829 bits per heavy atom. The smallest absolute Gasteiger partial charge is 0.255 e. The minimum atomic E-state index is -0.104. The Balaban J connectivity index is 1.28. The van der Waals surface area contributed by atoms with Crippen LogP contribution < -0.4 is 5.32 Å². The largest absolute Gasteiger partial charge is 0.342 e. The number of likely N-dealkylation sites (tertiary alicyclic amines) is 1. The number of hydrogen-bond donors (Lipinski definition) is 1. The van der Waals surface area contributed by atoms with Gasteiger partial charge in [-0.3, -0.25) is 19.3 Å². The average Bonchev–Trinajstić information content (AvgIpc) is 2.89. The molecule has 8 heteroatoms. The molecule has 2 aromatic carbocycles. The van der Waals surface area contributed by atoms with Gasteiger partial charge >= 0.3 is 0 Å². The molecule has 2 aliphatic heterocycles. The number of hydrogen-bond acceptors (Lipinski definition) is 5. The number of rotatable bonds is 7. The van der Waals surface area contributed by atoms with Crippen LogP contribution in [0.4, 0.5) is 5.69 Å². The first-order valence-electron chi connectivity index (χ1n) is 12.4. The predicted octanol–water partition coefficient (Wildman–Crippen LogP) is 3.50. The van der Waals surface area contributed by atoms with E-state index in [-0.39, 0.29) is 23.5 Å². The van der Waals surface area contributed by atoms with Crippen LogP contribution in [0, 0.1) is 6.92 Å². The van der Waals surface area contributed by atoms with Crippen molar-refractivity contribution in [2.24, 2.45) is 0 Å². The van der Waals surface area contributed by atoms with Crippen LogP contribution in [0.25, 0.3) is 0 Å². The molecule has 0 unspecified atom stereocenters. The number of carbonyl (C=O) groups is 3. The van der Waals surface area contributed by atoms with Crippen LogP contribution in [0.5, 0.6) is 0 Å². The maximum atomic E-state index is 13.3. The van der Waals surface area contributed by atoms with E-state index >= 15 is 0 Å². The quantitative estimate of drug-likeness (QED) is 0.597. The monoisotopic (exact) mass is 494 g/mol. The molecule has 2 aromatic rings. The van der Waals surface area contributed by atoms with E-state index in [0.29, 0.717) is 38.3 Å². The van der Waals surface area contributed by atoms with E-state index in [4.69, 9.17) is 0 Å². The van der Waals surface area contributed by atoms with E-state index in [9.17, 15) is 14.4 Å². The maximum Gasteiger partial charge on any atom is 0.255 e. The van der Waals surface area contributed by atoms with E-state index < -0.39 is 0 Å². The highest BCUT2D eigenvalue weighted by molar-refractivity contribution is 8.00. The molecule has 0 atom stereocenters. The predicted molar refractivity (Wildman–Crippen MR) is 140 cm³/mol. The third-order valence-electron chi connectivity index (χ3n) is 6.54. The maximum absolute atomic E-state index is 13.3. The van der Waals surface area contributed by atoms with Crippen molar-refractivity contribution in [1.82, 2.24) is 14.7 Å². The lowest BCUT2D eigenvalue weighted by Crippen LogP contribution is -2.52. The Labute approximate surface area is 211 Å². The molecule has 4 rings (SSSR count). The molecular formula is C27H34N4O3S. The molecule has 2 aliphatic rings. The van der Waals surface area contributed by atoms with Crippen LogP contribution in [0.15, 0.2) is 53.4 Å². The van der Waals surface area contributed by atoms with Crippen molar-refractivity contribution in [1.29, 1.82) is 0 Å². The number of piperidine rings is 1. The van der Waals surface area contributed by atoms with Crippen molar-refractivity contribution in [2.45, 2.75) is 31.1 Å². The van der Waals surface area contributed by atoms with Crippen molar-refractivity contribution in [2.75, 3.05) is 56.9 Å². The van der Waals surface area contributed by atoms with E-state index in [1.165, 1.54) is 18.2 Å². The number of nitrogens with zero attached hydrogens (tertiary/aromatic N) is 3. The zero-order valence-corrected chi connectivity index (χ0v) is 21.2. The summed E-state index contributed by atoms with van der Waals surface area (Å²) in [6.07, 6.45) is 3.40. The molecule has 0 saturated carbocycles. The topological polar surface area (TPSA) is 73.0 Å². The van der Waals surface area contributed by atoms with E-state index in [1.807, 2.05) is 65.3 Å². The van der Waals surface area contributed by atoms with Crippen LogP contribution in [0.2, 0.25) is 0 Å². The summed E-state index contributed by atoms with van der Waals surface area (Å²) in [5, 5.41) is 2.90. The molecule has 2 saturated heterocycles. The summed E-state index contributed by atoms with van der Waals surface area (Å²) in [6, 6.07) is 15.2. The zero-order chi connectivity index (χ0) is 24.6. The van der Waals surface area contributed by atoms with Crippen LogP contribution in [-0.4, -0.2) is 84.0 Å². The molecule has 2 heterocycles. The van der Waals surface area contributed by atoms with Gasteiger partial charge in [0.2, 0.25) is 11.8 Å². The summed E-state index contributed by atoms with van der Waals surface area (Å²) >= 11 is 1.37. The number of anilines is 1. The van der Waals surface area contributed by atoms with E-state index in [2.05, 4.69) is 10.2 Å². The summed E-state index contributed by atoms with van der Waals surface area (Å²) in [7, 11) is 0. The molecule has 1 N–H and O–H groups in total. The summed E-state index contributed by atoms with van der Waals surface area (Å²) in [4.78, 5) is 45.1. The molecule has 3 amide bonds. The van der Waals surface area contributed by atoms with Crippen molar-refractivity contribution in [3.05, 3.63) is 59.7 Å². The molecular weight excluding hydrogens is 460 g/mol. The molecule has 0 aromatic heterocycles. The number of amides is 3. The Morgan fingerprint density at radius 2 is 1.51 bits per heavy atom. The van der Waals surface area contributed by atoms with E-state index in [0.717, 1.165) is 42.1 Å². The van der Waals surface area contributed by atoms with Crippen LogP contribution in [-0.2, 0) is 9.59 Å². The number of nitrogens with one attached hydrogen (secondary N) is 1. The summed E-state index contributed by atoms with van der Waals surface area (Å²) in [5.41, 5.74) is 2.53. The third-order valence-corrected chi connectivity index (χ3v) is 7.61. The SMILES string of the molecule is Cc1ccc(NC(=O)CSc2ccccc2C(=O)N2CCN(CC(=O)N3CCCCC3)CC2)cc1. The fourth-order valence-electron chi connectivity index (χ4n) is 4.46. The molecule has 2 fully saturated rings. The fourth-order valence-corrected chi connectivity index (χ4v) is 5.30. The van der Waals surface area contributed by atoms with Gasteiger partial charge in [-0.25, -0.2) is 0 Å². The minimum absolute atomic E-state index is 0.0194. The highest BCUT2D eigenvalue weighted by Crippen LogP contribution is 2.25. The molecule has 0 spiro atoms. The molecule has 35 heavy (non-hydrogen) atoms. The average molecular weight is 495 g/mol. The van der Waals surface area contributed by atoms with Gasteiger partial charge in [0.25, 0.3) is 5.91 Å². The molecule has 0 radical (unpaired) electrons. The Bertz CT molecular complexity index is 1030. The highest BCUT2D eigenvalue weighted by atomic mass is 32.2. The first-order valence-corrected chi connectivity index (χ1v) is 13.4. The Kier molecular flexibility index (Phi) is 8.82. The lowest BCUT2D eigenvalue weighted by atomic mass is 10.1. The van der Waals surface area contributed by atoms with Gasteiger partial charge in [0.05, 0.1) is 17.9 Å². The number of thioether (sulfide) groups is 1. The van der Waals surface area contributed by atoms with Gasteiger partial charge in [-0.2, -0.15) is 0 Å². The second-order valence-corrected chi connectivity index (χ2v) is 10.2. The normalized spacial score (nSPS) is 16.7. The zero-order valence-electron chi connectivity index (χ0n) is 20.4. The molecule has 7 nitrogen and oxygen atoms in total. The summed E-state index contributed by atoms with van der Waals surface area (Å²) < 4.78 is 0. The van der Waals surface area contributed by atoms with Crippen LogP contribution in [0.3, 0.4) is 0 Å². The number of benzene rings is 2. The molecule has 186 valence electrons. The lowest BCUT2D eigenvalue weighted by Gasteiger charge is -2.36. The first-order chi connectivity index (χ1) is 17.0. The van der Waals surface area contributed by atoms with Gasteiger partial charge in [0.15, 0.2) is 0 Å². The first kappa shape index (κ1) is 25.3. The van der Waals surface area contributed by atoms with E-state index in [1.54, 1.807) is 0 Å². The summed E-state index contributed by atoms with van der Waals surface area (Å²) in [5.74, 6) is 0.308. The van der Waals surface area contributed by atoms with Crippen molar-refractivity contribution in [3.8, 4) is 0 Å². The van der Waals surface area contributed by atoms with Gasteiger partial charge in [0, 0.05) is 49.9 Å². The summed E-state index contributed by atoms with van der Waals surface area (Å²) in [6.45, 7) is 6.76. The van der Waals surface area contributed by atoms with Crippen molar-refractivity contribution in [3.63, 3.8) is 0 Å². The van der Waals surface area contributed by atoms with Gasteiger partial charge in [-0.1, -0.05) is 29.8 Å². The standard InChI is InChI=1S/C27H34N4O3S/c1-21-9-11-22(12-10-21)28-25(32)20-35-24-8-4-3-7-23(24)27(34)31-17-15-29(16-18-31)19-26(33)30-13-5-2-6-14-30/h3-4,7-12H,2,5-6,13-20H2,1H3,(H,28,32). The second kappa shape index (κ2) is 12.2. The van der Waals surface area contributed by atoms with Gasteiger partial charge in [-0.05, 0) is 50.5 Å². The third kappa shape index (κ3) is 7.08. The van der Waals surface area contributed by atoms with Crippen LogP contribution >= 0.6 is 11.8 Å². The van der Waals surface area contributed by atoms with Crippen molar-refractivity contribution < 1.29 is 14.4 Å². The second-order valence-electron chi connectivity index (χ2n) is 9.21. The number of aryl methyl sites for hydroxylation is 1. The fraction of sp³-hybridized carbons (Fsp3) is 0.444. The van der Waals surface area contributed by atoms with Crippen molar-refractivity contribution >= 4 is 35.2 Å². The van der Waals surface area contributed by atoms with Gasteiger partial charge in [0.1, 0.15) is 0 Å². The molecule has 0 aliphatic carbocycles. The minimum Gasteiger partial charge on any atom is -0.342 e. The van der Waals surface area contributed by atoms with Gasteiger partial charge < -0.3 is 15.1 Å². The lowest BCUT2D eigenvalue weighted by molar-refractivity contribution is -0.133.